The van der Waals surface area contributed by atoms with E-state index in [1.165, 1.54) is 0 Å². The van der Waals surface area contributed by atoms with Crippen LogP contribution in [0.25, 0.3) is 0 Å². The van der Waals surface area contributed by atoms with Crippen LogP contribution in [-0.4, -0.2) is 21.0 Å². The molecule has 0 radical (unpaired) electrons. The highest BCUT2D eigenvalue weighted by atomic mass is 32.2. The number of benzene rings is 1. The number of carbonyl (C=O) groups excluding carboxylic acids is 1. The fraction of sp³-hybridized carbons (Fsp3) is 0.533. The van der Waals surface area contributed by atoms with Crippen LogP contribution in [0.5, 0.6) is 0 Å². The predicted molar refractivity (Wildman–Crippen MR) is 75.1 cm³/mol. The molecule has 0 heterocycles. The molecule has 1 aromatic carbocycles. The molecule has 0 aromatic heterocycles. The molecule has 0 amide bonds. The lowest BCUT2D eigenvalue weighted by molar-refractivity contribution is 0.101. The van der Waals surface area contributed by atoms with Gasteiger partial charge in [0, 0.05) is 16.0 Å². The first-order valence-corrected chi connectivity index (χ1v) is 8.21. The normalized spacial score (nSPS) is 24.4. The van der Waals surface area contributed by atoms with Crippen LogP contribution in [0, 0.1) is 17.6 Å². The Morgan fingerprint density at radius 1 is 1.35 bits per heavy atom. The quantitative estimate of drug-likeness (QED) is 0.798. The minimum absolute atomic E-state index is 0.000629. The van der Waals surface area contributed by atoms with Crippen molar-refractivity contribution in [3.05, 3.63) is 35.4 Å². The van der Waals surface area contributed by atoms with Crippen molar-refractivity contribution in [1.29, 1.82) is 0 Å². The molecule has 0 spiro atoms. The largest absolute Gasteiger partial charge is 0.293 e. The van der Waals surface area contributed by atoms with Crippen LogP contribution < -0.4 is 0 Å². The second-order valence-electron chi connectivity index (χ2n) is 5.47. The van der Waals surface area contributed by atoms with Gasteiger partial charge in [0.1, 0.15) is 11.6 Å². The van der Waals surface area contributed by atoms with Crippen molar-refractivity contribution in [1.82, 2.24) is 0 Å². The molecule has 1 aliphatic carbocycles. The summed E-state index contributed by atoms with van der Waals surface area (Å²) in [5.41, 5.74) is -0.304. The predicted octanol–water partition coefficient (Wildman–Crippen LogP) is 3.47. The Hall–Kier alpha value is -1.10. The summed E-state index contributed by atoms with van der Waals surface area (Å²) in [4.78, 5) is 12.0. The van der Waals surface area contributed by atoms with Crippen molar-refractivity contribution in [3.8, 4) is 0 Å². The zero-order valence-electron chi connectivity index (χ0n) is 11.4. The molecular formula is C15H18F2O2S. The van der Waals surface area contributed by atoms with Crippen LogP contribution in [0.3, 0.4) is 0 Å². The van der Waals surface area contributed by atoms with Gasteiger partial charge in [-0.2, -0.15) is 0 Å². The van der Waals surface area contributed by atoms with Gasteiger partial charge < -0.3 is 0 Å². The number of hydrogen-bond acceptors (Lipinski definition) is 2. The monoisotopic (exact) mass is 300 g/mol. The van der Waals surface area contributed by atoms with Crippen molar-refractivity contribution in [2.45, 2.75) is 37.9 Å². The highest BCUT2D eigenvalue weighted by Crippen LogP contribution is 2.27. The van der Waals surface area contributed by atoms with E-state index in [-0.39, 0.29) is 16.6 Å². The zero-order chi connectivity index (χ0) is 14.7. The summed E-state index contributed by atoms with van der Waals surface area (Å²) in [7, 11) is -1.31. The van der Waals surface area contributed by atoms with E-state index in [9.17, 15) is 17.8 Å². The van der Waals surface area contributed by atoms with Crippen LogP contribution in [0.4, 0.5) is 8.78 Å². The molecule has 3 unspecified atom stereocenters. The van der Waals surface area contributed by atoms with Crippen molar-refractivity contribution < 1.29 is 17.8 Å². The number of rotatable bonds is 4. The highest BCUT2D eigenvalue weighted by molar-refractivity contribution is 7.86. The van der Waals surface area contributed by atoms with E-state index in [1.54, 1.807) is 0 Å². The standard InChI is InChI=1S/C15H18F2O2S/c1-10-3-2-4-12(7-10)20(19)9-15(18)13-8-11(16)5-6-14(13)17/h5-6,8,10,12H,2-4,7,9H2,1H3. The van der Waals surface area contributed by atoms with Gasteiger partial charge in [0.05, 0.1) is 11.3 Å². The molecule has 0 aliphatic heterocycles. The van der Waals surface area contributed by atoms with E-state index in [0.29, 0.717) is 5.92 Å². The molecule has 20 heavy (non-hydrogen) atoms. The summed E-state index contributed by atoms with van der Waals surface area (Å²) >= 11 is 0. The summed E-state index contributed by atoms with van der Waals surface area (Å²) in [5.74, 6) is -1.72. The zero-order valence-corrected chi connectivity index (χ0v) is 12.2. The minimum atomic E-state index is -1.31. The average molecular weight is 300 g/mol. The average Bonchev–Trinajstić information content (AvgIpc) is 2.41. The summed E-state index contributed by atoms with van der Waals surface area (Å²) in [6, 6.07) is 2.76. The maximum Gasteiger partial charge on any atom is 0.178 e. The van der Waals surface area contributed by atoms with Gasteiger partial charge in [-0.15, -0.1) is 0 Å². The van der Waals surface area contributed by atoms with Crippen LogP contribution >= 0.6 is 0 Å². The topological polar surface area (TPSA) is 34.1 Å². The fourth-order valence-electron chi connectivity index (χ4n) is 2.65. The number of carbonyl (C=O) groups is 1. The maximum atomic E-state index is 13.5. The van der Waals surface area contributed by atoms with Crippen molar-refractivity contribution >= 4 is 16.6 Å². The summed E-state index contributed by atoms with van der Waals surface area (Å²) in [6.07, 6.45) is 3.82. The molecule has 1 fully saturated rings. The molecule has 0 bridgehead atoms. The highest BCUT2D eigenvalue weighted by Gasteiger charge is 2.26. The molecule has 1 aliphatic rings. The number of hydrogen-bond donors (Lipinski definition) is 0. The molecule has 110 valence electrons. The van der Waals surface area contributed by atoms with Gasteiger partial charge in [0.2, 0.25) is 0 Å². The van der Waals surface area contributed by atoms with E-state index in [0.717, 1.165) is 43.9 Å². The van der Waals surface area contributed by atoms with Crippen molar-refractivity contribution in [2.24, 2.45) is 5.92 Å². The van der Waals surface area contributed by atoms with E-state index in [2.05, 4.69) is 6.92 Å². The number of ketones is 1. The second-order valence-corrected chi connectivity index (χ2v) is 7.18. The summed E-state index contributed by atoms with van der Waals surface area (Å²) in [5, 5.41) is -0.000629. The van der Waals surface area contributed by atoms with E-state index < -0.39 is 28.2 Å². The Bertz CT molecular complexity index is 531. The lowest BCUT2D eigenvalue weighted by Crippen LogP contribution is -2.27. The van der Waals surface area contributed by atoms with Gasteiger partial charge in [-0.1, -0.05) is 19.8 Å². The maximum absolute atomic E-state index is 13.5. The van der Waals surface area contributed by atoms with Gasteiger partial charge in [-0.3, -0.25) is 9.00 Å². The lowest BCUT2D eigenvalue weighted by atomic mass is 9.91. The Labute approximate surface area is 120 Å². The summed E-state index contributed by atoms with van der Waals surface area (Å²) < 4.78 is 38.7. The van der Waals surface area contributed by atoms with Crippen LogP contribution in [-0.2, 0) is 10.8 Å². The van der Waals surface area contributed by atoms with Gasteiger partial charge in [0.15, 0.2) is 5.78 Å². The number of Topliss-reactive ketones (excluding diaryl/α,β-unsaturated/α-hetero) is 1. The Kier molecular flexibility index (Phi) is 5.02. The molecule has 2 rings (SSSR count). The second kappa shape index (κ2) is 6.57. The minimum Gasteiger partial charge on any atom is -0.293 e. The number of halogens is 2. The molecule has 2 nitrogen and oxygen atoms in total. The van der Waals surface area contributed by atoms with E-state index in [1.807, 2.05) is 0 Å². The lowest BCUT2D eigenvalue weighted by Gasteiger charge is -2.25. The Morgan fingerprint density at radius 3 is 2.80 bits per heavy atom. The Morgan fingerprint density at radius 2 is 2.10 bits per heavy atom. The molecule has 0 saturated heterocycles. The molecule has 0 N–H and O–H groups in total. The molecular weight excluding hydrogens is 282 g/mol. The van der Waals surface area contributed by atoms with E-state index in [4.69, 9.17) is 0 Å². The van der Waals surface area contributed by atoms with Gasteiger partial charge >= 0.3 is 0 Å². The Balaban J connectivity index is 2.03. The third kappa shape index (κ3) is 3.72. The smallest absolute Gasteiger partial charge is 0.178 e. The van der Waals surface area contributed by atoms with Crippen LogP contribution in [0.1, 0.15) is 43.0 Å². The van der Waals surface area contributed by atoms with Gasteiger partial charge in [-0.25, -0.2) is 8.78 Å². The molecule has 1 saturated carbocycles. The first-order valence-electron chi connectivity index (χ1n) is 6.83. The van der Waals surface area contributed by atoms with Gasteiger partial charge in [0.25, 0.3) is 0 Å². The van der Waals surface area contributed by atoms with E-state index >= 15 is 0 Å². The van der Waals surface area contributed by atoms with Gasteiger partial charge in [-0.05, 0) is 37.0 Å². The SMILES string of the molecule is CC1CCCC(S(=O)CC(=O)c2cc(F)ccc2F)C1. The first kappa shape index (κ1) is 15.3. The molecule has 3 atom stereocenters. The fourth-order valence-corrected chi connectivity index (χ4v) is 4.28. The molecule has 1 aromatic rings. The summed E-state index contributed by atoms with van der Waals surface area (Å²) in [6.45, 7) is 2.11. The van der Waals surface area contributed by atoms with Crippen molar-refractivity contribution in [3.63, 3.8) is 0 Å². The third-order valence-electron chi connectivity index (χ3n) is 3.76. The van der Waals surface area contributed by atoms with Crippen LogP contribution in [0.15, 0.2) is 18.2 Å². The first-order chi connectivity index (χ1) is 9.47. The van der Waals surface area contributed by atoms with Crippen LogP contribution in [0.2, 0.25) is 0 Å². The third-order valence-corrected chi connectivity index (χ3v) is 5.48. The van der Waals surface area contributed by atoms with Crippen molar-refractivity contribution in [2.75, 3.05) is 5.75 Å². The molecule has 5 heteroatoms.